The van der Waals surface area contributed by atoms with Gasteiger partial charge in [-0.05, 0) is 31.9 Å². The Hall–Kier alpha value is -2.54. The molecule has 2 aromatic rings. The number of ether oxygens (including phenoxy) is 1. The number of aromatic nitrogens is 3. The molecular weight excluding hydrogens is 318 g/mol. The van der Waals surface area contributed by atoms with Crippen molar-refractivity contribution in [3.05, 3.63) is 42.0 Å². The molecule has 1 aliphatic rings. The quantitative estimate of drug-likeness (QED) is 0.899. The summed E-state index contributed by atoms with van der Waals surface area (Å²) >= 11 is 0. The van der Waals surface area contributed by atoms with Gasteiger partial charge in [-0.25, -0.2) is 9.97 Å². The lowest BCUT2D eigenvalue weighted by molar-refractivity contribution is -0.136. The summed E-state index contributed by atoms with van der Waals surface area (Å²) in [6.45, 7) is 3.50. The van der Waals surface area contributed by atoms with Gasteiger partial charge < -0.3 is 15.0 Å². The van der Waals surface area contributed by atoms with E-state index in [2.05, 4.69) is 20.3 Å². The van der Waals surface area contributed by atoms with Crippen molar-refractivity contribution in [1.82, 2.24) is 19.9 Å². The highest BCUT2D eigenvalue weighted by Crippen LogP contribution is 2.26. The fourth-order valence-electron chi connectivity index (χ4n) is 3.04. The molecule has 0 spiro atoms. The van der Waals surface area contributed by atoms with E-state index in [1.165, 1.54) is 0 Å². The molecule has 0 radical (unpaired) electrons. The number of methoxy groups -OCH3 is 1. The van der Waals surface area contributed by atoms with E-state index in [0.717, 1.165) is 36.6 Å². The summed E-state index contributed by atoms with van der Waals surface area (Å²) in [4.78, 5) is 27.3. The zero-order chi connectivity index (χ0) is 17.6. The van der Waals surface area contributed by atoms with Gasteiger partial charge in [0.25, 0.3) is 0 Å². The first-order valence-electron chi connectivity index (χ1n) is 8.45. The Morgan fingerprint density at radius 2 is 2.20 bits per heavy atom. The Bertz CT molecular complexity index is 737. The molecule has 3 heterocycles. The smallest absolute Gasteiger partial charge is 0.248 e. The minimum atomic E-state index is 0.0263. The van der Waals surface area contributed by atoms with Gasteiger partial charge in [0.1, 0.15) is 18.2 Å². The molecule has 1 atom stereocenters. The average Bonchev–Trinajstić information content (AvgIpc) is 2.62. The van der Waals surface area contributed by atoms with Crippen molar-refractivity contribution >= 4 is 17.5 Å². The van der Waals surface area contributed by atoms with E-state index in [1.54, 1.807) is 19.5 Å². The lowest BCUT2D eigenvalue weighted by atomic mass is 9.95. The predicted molar refractivity (Wildman–Crippen MR) is 94.7 cm³/mol. The molecule has 0 saturated carbocycles. The SMILES string of the molecule is COCC(=O)N1CCCC(c2cncc(Nc3cccc(C)n3)n2)C1. The summed E-state index contributed by atoms with van der Waals surface area (Å²) in [5, 5.41) is 3.19. The molecule has 0 aliphatic carbocycles. The third-order valence-electron chi connectivity index (χ3n) is 4.26. The second kappa shape index (κ2) is 8.02. The van der Waals surface area contributed by atoms with Crippen LogP contribution in [0.25, 0.3) is 0 Å². The number of carbonyl (C=O) groups is 1. The number of likely N-dealkylation sites (tertiary alicyclic amines) is 1. The molecule has 7 heteroatoms. The topological polar surface area (TPSA) is 80.2 Å². The maximum Gasteiger partial charge on any atom is 0.248 e. The van der Waals surface area contributed by atoms with Crippen molar-refractivity contribution in [1.29, 1.82) is 0 Å². The van der Waals surface area contributed by atoms with Crippen LogP contribution in [0.15, 0.2) is 30.6 Å². The molecule has 132 valence electrons. The number of anilines is 2. The summed E-state index contributed by atoms with van der Waals surface area (Å²) in [5.74, 6) is 1.62. The molecule has 0 bridgehead atoms. The molecule has 1 aliphatic heterocycles. The van der Waals surface area contributed by atoms with Crippen molar-refractivity contribution in [2.24, 2.45) is 0 Å². The van der Waals surface area contributed by atoms with Gasteiger partial charge in [-0.1, -0.05) is 6.07 Å². The van der Waals surface area contributed by atoms with Crippen LogP contribution in [0.2, 0.25) is 0 Å². The van der Waals surface area contributed by atoms with E-state index in [0.29, 0.717) is 12.4 Å². The van der Waals surface area contributed by atoms with Crippen LogP contribution >= 0.6 is 0 Å². The summed E-state index contributed by atoms with van der Waals surface area (Å²) < 4.78 is 4.96. The lowest BCUT2D eigenvalue weighted by Gasteiger charge is -2.32. The molecule has 3 rings (SSSR count). The Kier molecular flexibility index (Phi) is 5.55. The Morgan fingerprint density at radius 3 is 3.00 bits per heavy atom. The monoisotopic (exact) mass is 341 g/mol. The lowest BCUT2D eigenvalue weighted by Crippen LogP contribution is -2.41. The average molecular weight is 341 g/mol. The van der Waals surface area contributed by atoms with Crippen LogP contribution < -0.4 is 5.32 Å². The number of aryl methyl sites for hydroxylation is 1. The van der Waals surface area contributed by atoms with Crippen LogP contribution in [0.5, 0.6) is 0 Å². The molecule has 0 aromatic carbocycles. The van der Waals surface area contributed by atoms with Crippen LogP contribution in [0, 0.1) is 6.92 Å². The minimum absolute atomic E-state index is 0.0263. The van der Waals surface area contributed by atoms with Crippen molar-refractivity contribution < 1.29 is 9.53 Å². The fourth-order valence-corrected chi connectivity index (χ4v) is 3.04. The molecule has 1 unspecified atom stereocenters. The van der Waals surface area contributed by atoms with Crippen LogP contribution in [-0.2, 0) is 9.53 Å². The van der Waals surface area contributed by atoms with Crippen LogP contribution in [0.4, 0.5) is 11.6 Å². The van der Waals surface area contributed by atoms with Crippen molar-refractivity contribution in [3.63, 3.8) is 0 Å². The maximum atomic E-state index is 12.1. The van der Waals surface area contributed by atoms with Gasteiger partial charge >= 0.3 is 0 Å². The highest BCUT2D eigenvalue weighted by Gasteiger charge is 2.25. The Morgan fingerprint density at radius 1 is 1.32 bits per heavy atom. The summed E-state index contributed by atoms with van der Waals surface area (Å²) in [6, 6.07) is 5.79. The third kappa shape index (κ3) is 4.51. The zero-order valence-corrected chi connectivity index (χ0v) is 14.6. The van der Waals surface area contributed by atoms with Crippen LogP contribution in [0.3, 0.4) is 0 Å². The number of rotatable bonds is 5. The van der Waals surface area contributed by atoms with Gasteiger partial charge in [-0.15, -0.1) is 0 Å². The van der Waals surface area contributed by atoms with Gasteiger partial charge in [0, 0.05) is 38.0 Å². The molecule has 2 aromatic heterocycles. The number of hydrogen-bond donors (Lipinski definition) is 1. The number of carbonyl (C=O) groups excluding carboxylic acids is 1. The summed E-state index contributed by atoms with van der Waals surface area (Å²) in [5.41, 5.74) is 1.83. The van der Waals surface area contributed by atoms with Crippen molar-refractivity contribution in [3.8, 4) is 0 Å². The molecule has 1 amide bonds. The molecule has 1 saturated heterocycles. The number of nitrogens with one attached hydrogen (secondary N) is 1. The summed E-state index contributed by atoms with van der Waals surface area (Å²) in [7, 11) is 1.54. The molecule has 1 fully saturated rings. The van der Waals surface area contributed by atoms with Gasteiger partial charge in [-0.2, -0.15) is 0 Å². The first-order valence-corrected chi connectivity index (χ1v) is 8.45. The Balaban J connectivity index is 1.71. The van der Waals surface area contributed by atoms with Crippen LogP contribution in [0.1, 0.15) is 30.1 Å². The number of hydrogen-bond acceptors (Lipinski definition) is 6. The number of nitrogens with zero attached hydrogens (tertiary/aromatic N) is 4. The number of piperidine rings is 1. The van der Waals surface area contributed by atoms with Gasteiger partial charge in [-0.3, -0.25) is 9.78 Å². The highest BCUT2D eigenvalue weighted by molar-refractivity contribution is 5.77. The maximum absolute atomic E-state index is 12.1. The number of amides is 1. The largest absolute Gasteiger partial charge is 0.375 e. The normalized spacial score (nSPS) is 17.4. The van der Waals surface area contributed by atoms with E-state index in [9.17, 15) is 4.79 Å². The van der Waals surface area contributed by atoms with Crippen LogP contribution in [-0.4, -0.2) is 52.6 Å². The second-order valence-corrected chi connectivity index (χ2v) is 6.23. The van der Waals surface area contributed by atoms with Gasteiger partial charge in [0.15, 0.2) is 0 Å². The zero-order valence-electron chi connectivity index (χ0n) is 14.6. The van der Waals surface area contributed by atoms with Crippen molar-refractivity contribution in [2.75, 3.05) is 32.1 Å². The standard InChI is InChI=1S/C18H23N5O2/c1-13-5-3-7-16(20-13)22-17-10-19-9-15(21-17)14-6-4-8-23(11-14)18(24)12-25-2/h3,5,7,9-10,14H,4,6,8,11-12H2,1-2H3,(H,20,21,22). The first kappa shape index (κ1) is 17.3. The van der Waals surface area contributed by atoms with E-state index in [1.807, 2.05) is 30.0 Å². The minimum Gasteiger partial charge on any atom is -0.375 e. The van der Waals surface area contributed by atoms with Gasteiger partial charge in [0.05, 0.1) is 11.9 Å². The summed E-state index contributed by atoms with van der Waals surface area (Å²) in [6.07, 6.45) is 5.42. The van der Waals surface area contributed by atoms with Gasteiger partial charge in [0.2, 0.25) is 5.91 Å². The number of pyridine rings is 1. The predicted octanol–water partition coefficient (Wildman–Crippen LogP) is 2.28. The van der Waals surface area contributed by atoms with E-state index < -0.39 is 0 Å². The molecular formula is C18H23N5O2. The fraction of sp³-hybridized carbons (Fsp3) is 0.444. The molecule has 1 N–H and O–H groups in total. The first-order chi connectivity index (χ1) is 12.2. The molecule has 25 heavy (non-hydrogen) atoms. The molecule has 7 nitrogen and oxygen atoms in total. The highest BCUT2D eigenvalue weighted by atomic mass is 16.5. The third-order valence-corrected chi connectivity index (χ3v) is 4.26. The van der Waals surface area contributed by atoms with E-state index >= 15 is 0 Å². The second-order valence-electron chi connectivity index (χ2n) is 6.23. The van der Waals surface area contributed by atoms with Crippen molar-refractivity contribution in [2.45, 2.75) is 25.7 Å². The Labute approximate surface area is 147 Å². The van der Waals surface area contributed by atoms with E-state index in [-0.39, 0.29) is 18.4 Å². The van der Waals surface area contributed by atoms with E-state index in [4.69, 9.17) is 4.74 Å².